The second kappa shape index (κ2) is 6.41. The van der Waals surface area contributed by atoms with Crippen LogP contribution >= 0.6 is 11.8 Å². The summed E-state index contributed by atoms with van der Waals surface area (Å²) in [5.74, 6) is 1.43. The molecule has 0 N–H and O–H groups in total. The first-order valence-corrected chi connectivity index (χ1v) is 7.92. The third-order valence-electron chi connectivity index (χ3n) is 3.38. The number of methoxy groups -OCH3 is 1. The molecule has 2 heterocycles. The van der Waals surface area contributed by atoms with Gasteiger partial charge < -0.3 is 9.30 Å². The van der Waals surface area contributed by atoms with Gasteiger partial charge in [-0.1, -0.05) is 30.0 Å². The predicted molar refractivity (Wildman–Crippen MR) is 85.7 cm³/mol. The first-order chi connectivity index (χ1) is 11.1. The number of hydrogen-bond acceptors (Lipinski definition) is 5. The highest BCUT2D eigenvalue weighted by atomic mass is 32.2. The van der Waals surface area contributed by atoms with E-state index in [0.29, 0.717) is 28.2 Å². The van der Waals surface area contributed by atoms with Crippen LogP contribution in [0.5, 0.6) is 5.88 Å². The van der Waals surface area contributed by atoms with Gasteiger partial charge in [-0.2, -0.15) is 0 Å². The van der Waals surface area contributed by atoms with Crippen LogP contribution in [0.15, 0.2) is 35.6 Å². The molecule has 0 unspecified atom stereocenters. The molecule has 120 valence electrons. The van der Waals surface area contributed by atoms with E-state index in [1.165, 1.54) is 17.8 Å². The molecule has 0 atom stereocenters. The summed E-state index contributed by atoms with van der Waals surface area (Å²) in [6, 6.07) is 6.72. The average molecular weight is 333 g/mol. The molecule has 1 aromatic carbocycles. The molecule has 3 aromatic rings. The number of hydrogen-bond donors (Lipinski definition) is 0. The van der Waals surface area contributed by atoms with Crippen LogP contribution in [0.2, 0.25) is 0 Å². The van der Waals surface area contributed by atoms with Crippen LogP contribution in [0, 0.1) is 5.82 Å². The van der Waals surface area contributed by atoms with Crippen molar-refractivity contribution in [3.63, 3.8) is 0 Å². The molecule has 23 heavy (non-hydrogen) atoms. The second-order valence-corrected chi connectivity index (χ2v) is 5.91. The number of aryl methyl sites for hydroxylation is 1. The first-order valence-electron chi connectivity index (χ1n) is 6.93. The van der Waals surface area contributed by atoms with Gasteiger partial charge in [0.2, 0.25) is 5.88 Å². The Morgan fingerprint density at radius 1 is 1.22 bits per heavy atom. The summed E-state index contributed by atoms with van der Waals surface area (Å²) in [4.78, 5) is 0. The van der Waals surface area contributed by atoms with Crippen molar-refractivity contribution in [2.75, 3.05) is 7.11 Å². The van der Waals surface area contributed by atoms with Crippen LogP contribution in [0.4, 0.5) is 4.39 Å². The lowest BCUT2D eigenvalue weighted by Gasteiger charge is -2.04. The maximum atomic E-state index is 13.7. The number of nitrogens with zero attached hydrogens (tertiary/aromatic N) is 5. The van der Waals surface area contributed by atoms with E-state index in [9.17, 15) is 4.39 Å². The van der Waals surface area contributed by atoms with Gasteiger partial charge in [-0.25, -0.2) is 4.39 Å². The number of thioether (sulfide) groups is 1. The highest BCUT2D eigenvalue weighted by Gasteiger charge is 2.18. The van der Waals surface area contributed by atoms with Crippen molar-refractivity contribution in [3.05, 3.63) is 41.8 Å². The largest absolute Gasteiger partial charge is 0.479 e. The fourth-order valence-electron chi connectivity index (χ4n) is 2.21. The van der Waals surface area contributed by atoms with Gasteiger partial charge in [0, 0.05) is 26.0 Å². The fraction of sp³-hybridized carbons (Fsp3) is 0.267. The van der Waals surface area contributed by atoms with Gasteiger partial charge in [-0.15, -0.1) is 15.3 Å². The zero-order valence-electron chi connectivity index (χ0n) is 13.0. The van der Waals surface area contributed by atoms with Gasteiger partial charge in [-0.3, -0.25) is 4.68 Å². The highest BCUT2D eigenvalue weighted by Crippen LogP contribution is 2.30. The van der Waals surface area contributed by atoms with Crippen molar-refractivity contribution >= 4 is 11.8 Å². The Kier molecular flexibility index (Phi) is 4.33. The summed E-state index contributed by atoms with van der Waals surface area (Å²) in [6.07, 6.45) is 1.83. The van der Waals surface area contributed by atoms with Crippen LogP contribution in [-0.4, -0.2) is 31.7 Å². The number of aromatic nitrogens is 5. The number of rotatable bonds is 5. The molecule has 6 nitrogen and oxygen atoms in total. The summed E-state index contributed by atoms with van der Waals surface area (Å²) in [6.45, 7) is 0. The smallest absolute Gasteiger partial charge is 0.243 e. The fourth-order valence-corrected chi connectivity index (χ4v) is 3.10. The predicted octanol–water partition coefficient (Wildman–Crippen LogP) is 2.66. The van der Waals surface area contributed by atoms with Crippen LogP contribution in [0.1, 0.15) is 5.56 Å². The van der Waals surface area contributed by atoms with Gasteiger partial charge in [0.25, 0.3) is 0 Å². The van der Waals surface area contributed by atoms with Crippen molar-refractivity contribution in [1.82, 2.24) is 24.5 Å². The quantitative estimate of drug-likeness (QED) is 0.672. The zero-order valence-corrected chi connectivity index (χ0v) is 13.8. The van der Waals surface area contributed by atoms with Crippen molar-refractivity contribution < 1.29 is 9.13 Å². The lowest BCUT2D eigenvalue weighted by atomic mass is 10.2. The summed E-state index contributed by atoms with van der Waals surface area (Å²) in [7, 11) is 5.25. The lowest BCUT2D eigenvalue weighted by molar-refractivity contribution is 0.393. The standard InChI is InChI=1S/C15H16FN5OS/c1-20-8-11(14(19-20)22-3)13-17-18-15(21(13)2)23-9-10-6-4-5-7-12(10)16/h4-8H,9H2,1-3H3. The van der Waals surface area contributed by atoms with Crippen molar-refractivity contribution in [1.29, 1.82) is 0 Å². The maximum Gasteiger partial charge on any atom is 0.243 e. The van der Waals surface area contributed by atoms with Gasteiger partial charge in [0.15, 0.2) is 11.0 Å². The summed E-state index contributed by atoms with van der Waals surface area (Å²) in [5, 5.41) is 13.3. The Labute approximate surface area is 137 Å². The summed E-state index contributed by atoms with van der Waals surface area (Å²) in [5.41, 5.74) is 1.41. The molecule has 0 saturated carbocycles. The van der Waals surface area contributed by atoms with E-state index in [1.54, 1.807) is 23.9 Å². The molecule has 0 radical (unpaired) electrons. The first kappa shape index (κ1) is 15.5. The molecule has 0 aliphatic rings. The van der Waals surface area contributed by atoms with Gasteiger partial charge >= 0.3 is 0 Å². The van der Waals surface area contributed by atoms with E-state index in [4.69, 9.17) is 4.74 Å². The van der Waals surface area contributed by atoms with E-state index >= 15 is 0 Å². The van der Waals surface area contributed by atoms with Crippen LogP contribution in [0.3, 0.4) is 0 Å². The topological polar surface area (TPSA) is 57.8 Å². The minimum atomic E-state index is -0.212. The minimum Gasteiger partial charge on any atom is -0.479 e. The monoisotopic (exact) mass is 333 g/mol. The van der Waals surface area contributed by atoms with Crippen molar-refractivity contribution in [3.8, 4) is 17.3 Å². The van der Waals surface area contributed by atoms with E-state index in [0.717, 1.165) is 5.56 Å². The molecule has 0 saturated heterocycles. The van der Waals surface area contributed by atoms with E-state index < -0.39 is 0 Å². The average Bonchev–Trinajstić information content (AvgIpc) is 3.09. The Morgan fingerprint density at radius 3 is 2.74 bits per heavy atom. The third-order valence-corrected chi connectivity index (χ3v) is 4.45. The van der Waals surface area contributed by atoms with E-state index in [-0.39, 0.29) is 5.82 Å². The van der Waals surface area contributed by atoms with Gasteiger partial charge in [-0.05, 0) is 11.6 Å². The summed E-state index contributed by atoms with van der Waals surface area (Å²) >= 11 is 1.43. The zero-order chi connectivity index (χ0) is 16.4. The molecule has 3 rings (SSSR count). The van der Waals surface area contributed by atoms with Crippen molar-refractivity contribution in [2.45, 2.75) is 10.9 Å². The highest BCUT2D eigenvalue weighted by molar-refractivity contribution is 7.98. The molecule has 0 aliphatic heterocycles. The van der Waals surface area contributed by atoms with Crippen LogP contribution < -0.4 is 4.74 Å². The Hall–Kier alpha value is -2.35. The van der Waals surface area contributed by atoms with Gasteiger partial charge in [0.05, 0.1) is 7.11 Å². The second-order valence-electron chi connectivity index (χ2n) is 4.97. The Balaban J connectivity index is 1.83. The Morgan fingerprint density at radius 2 is 2.00 bits per heavy atom. The number of halogens is 1. The van der Waals surface area contributed by atoms with Gasteiger partial charge in [0.1, 0.15) is 11.4 Å². The molecule has 0 amide bonds. The lowest BCUT2D eigenvalue weighted by Crippen LogP contribution is -1.96. The molecule has 0 aliphatic carbocycles. The normalized spacial score (nSPS) is 11.0. The molecule has 2 aromatic heterocycles. The molecular formula is C15H16FN5OS. The molecular weight excluding hydrogens is 317 g/mol. The SMILES string of the molecule is COc1nn(C)cc1-c1nnc(SCc2ccccc2F)n1C. The minimum absolute atomic E-state index is 0.212. The maximum absolute atomic E-state index is 13.7. The van der Waals surface area contributed by atoms with Crippen LogP contribution in [0.25, 0.3) is 11.4 Å². The molecule has 0 fully saturated rings. The van der Waals surface area contributed by atoms with E-state index in [1.807, 2.05) is 30.9 Å². The number of benzene rings is 1. The third kappa shape index (κ3) is 3.07. The molecule has 8 heteroatoms. The summed E-state index contributed by atoms with van der Waals surface area (Å²) < 4.78 is 22.5. The van der Waals surface area contributed by atoms with E-state index in [2.05, 4.69) is 15.3 Å². The van der Waals surface area contributed by atoms with Crippen LogP contribution in [-0.2, 0) is 19.8 Å². The molecule has 0 spiro atoms. The van der Waals surface area contributed by atoms with Crippen molar-refractivity contribution in [2.24, 2.45) is 14.1 Å². The number of ether oxygens (including phenoxy) is 1. The molecule has 0 bridgehead atoms. The Bertz CT molecular complexity index is 829.